The van der Waals surface area contributed by atoms with Gasteiger partial charge in [-0.15, -0.1) is 4.68 Å². The molecule has 1 fully saturated rings. The molecule has 2 N–H and O–H groups in total. The maximum absolute atomic E-state index is 13.5. The first-order valence-electron chi connectivity index (χ1n) is 15.9. The third kappa shape index (κ3) is 8.77. The highest BCUT2D eigenvalue weighted by Crippen LogP contribution is 2.44. The van der Waals surface area contributed by atoms with Gasteiger partial charge in [0.2, 0.25) is 5.88 Å². The maximum Gasteiger partial charge on any atom is 0.438 e. The Morgan fingerprint density at radius 2 is 1.74 bits per heavy atom. The van der Waals surface area contributed by atoms with E-state index in [1.54, 1.807) is 52.3 Å². The first-order valence-corrected chi connectivity index (χ1v) is 15.9. The molecule has 1 aliphatic rings. The van der Waals surface area contributed by atoms with Crippen LogP contribution in [0.1, 0.15) is 120 Å². The van der Waals surface area contributed by atoms with Crippen molar-refractivity contribution in [3.05, 3.63) is 41.3 Å². The summed E-state index contributed by atoms with van der Waals surface area (Å²) < 4.78 is 25.3. The number of pyridine rings is 1. The lowest BCUT2D eigenvalue weighted by atomic mass is 10.1. The standard InChI is InChI=1S/C33H47N5O8/c1-9-22(14-11-20(3)45-29-24(30(40)43-10-2)18-35-38(29)31(41)46-32(4,5)6)36-28(39)23-17-34-37-25(23)15-16-26(27(37)21-12-13-21)44-19-33(7,8)42/h15-18,20-22,42H,9-14,19H2,1-8H3,(H,36,39)/t20-,22-/m0/s1. The number of esters is 1. The van der Waals surface area contributed by atoms with E-state index in [2.05, 4.69) is 15.5 Å². The predicted molar refractivity (Wildman–Crippen MR) is 170 cm³/mol. The fourth-order valence-corrected chi connectivity index (χ4v) is 4.90. The van der Waals surface area contributed by atoms with E-state index in [-0.39, 0.29) is 42.5 Å². The van der Waals surface area contributed by atoms with E-state index < -0.39 is 29.4 Å². The SMILES string of the molecule is CCOC(=O)c1cnn(C(=O)OC(C)(C)C)c1O[C@@H](C)CC[C@H](CC)NC(=O)c1cnn2c(C3CC3)c(OCC(C)(C)O)ccc12. The van der Waals surface area contributed by atoms with Gasteiger partial charge in [-0.1, -0.05) is 6.92 Å². The van der Waals surface area contributed by atoms with E-state index in [0.29, 0.717) is 36.1 Å². The monoisotopic (exact) mass is 641 g/mol. The van der Waals surface area contributed by atoms with Crippen LogP contribution in [-0.2, 0) is 9.47 Å². The Balaban J connectivity index is 1.44. The van der Waals surface area contributed by atoms with Gasteiger partial charge in [0.25, 0.3) is 5.91 Å². The number of amides is 1. The molecule has 0 aromatic carbocycles. The van der Waals surface area contributed by atoms with Gasteiger partial charge in [0, 0.05) is 12.0 Å². The highest BCUT2D eigenvalue weighted by molar-refractivity contribution is 6.01. The van der Waals surface area contributed by atoms with Crippen molar-refractivity contribution >= 4 is 23.5 Å². The van der Waals surface area contributed by atoms with Crippen molar-refractivity contribution in [3.63, 3.8) is 0 Å². The third-order valence-electron chi connectivity index (χ3n) is 7.32. The zero-order valence-electron chi connectivity index (χ0n) is 28.1. The Labute approximate surface area is 269 Å². The van der Waals surface area contributed by atoms with Crippen molar-refractivity contribution in [2.45, 2.75) is 117 Å². The quantitative estimate of drug-likeness (QED) is 0.222. The van der Waals surface area contributed by atoms with Gasteiger partial charge in [-0.2, -0.15) is 10.2 Å². The topological polar surface area (TPSA) is 156 Å². The minimum atomic E-state index is -0.981. The van der Waals surface area contributed by atoms with E-state index in [1.807, 2.05) is 26.0 Å². The number of hydrogen-bond donors (Lipinski definition) is 2. The molecule has 4 rings (SSSR count). The molecule has 0 bridgehead atoms. The molecule has 252 valence electrons. The van der Waals surface area contributed by atoms with E-state index in [0.717, 1.165) is 23.2 Å². The average molecular weight is 642 g/mol. The van der Waals surface area contributed by atoms with Crippen LogP contribution in [0.3, 0.4) is 0 Å². The van der Waals surface area contributed by atoms with Crippen molar-refractivity contribution in [2.24, 2.45) is 0 Å². The summed E-state index contributed by atoms with van der Waals surface area (Å²) in [6, 6.07) is 3.49. The van der Waals surface area contributed by atoms with Crippen LogP contribution in [0.25, 0.3) is 5.52 Å². The Kier molecular flexibility index (Phi) is 10.7. The molecule has 0 radical (unpaired) electrons. The van der Waals surface area contributed by atoms with Crippen molar-refractivity contribution in [1.29, 1.82) is 0 Å². The number of nitrogens with one attached hydrogen (secondary N) is 1. The third-order valence-corrected chi connectivity index (χ3v) is 7.32. The summed E-state index contributed by atoms with van der Waals surface area (Å²) in [6.45, 7) is 14.3. The summed E-state index contributed by atoms with van der Waals surface area (Å²) >= 11 is 0. The molecule has 1 saturated carbocycles. The minimum absolute atomic E-state index is 0.0205. The van der Waals surface area contributed by atoms with Crippen LogP contribution in [0.5, 0.6) is 11.6 Å². The molecule has 1 amide bonds. The summed E-state index contributed by atoms with van der Waals surface area (Å²) in [7, 11) is 0. The second-order valence-electron chi connectivity index (χ2n) is 13.4. The van der Waals surface area contributed by atoms with Gasteiger partial charge in [-0.25, -0.2) is 14.1 Å². The number of carbonyl (C=O) groups is 3. The zero-order valence-corrected chi connectivity index (χ0v) is 28.1. The molecule has 1 aliphatic carbocycles. The average Bonchev–Trinajstić information content (AvgIpc) is 3.57. The number of nitrogens with zero attached hydrogens (tertiary/aromatic N) is 4. The number of carbonyl (C=O) groups excluding carboxylic acids is 3. The molecule has 46 heavy (non-hydrogen) atoms. The first kappa shape index (κ1) is 34.7. The van der Waals surface area contributed by atoms with Crippen LogP contribution in [0.4, 0.5) is 4.79 Å². The van der Waals surface area contributed by atoms with Crippen LogP contribution in [0, 0.1) is 0 Å². The van der Waals surface area contributed by atoms with Gasteiger partial charge >= 0.3 is 12.1 Å². The molecule has 0 saturated heterocycles. The fourth-order valence-electron chi connectivity index (χ4n) is 4.90. The largest absolute Gasteiger partial charge is 0.489 e. The first-order chi connectivity index (χ1) is 21.6. The molecule has 3 heterocycles. The molecule has 0 aliphatic heterocycles. The summed E-state index contributed by atoms with van der Waals surface area (Å²) in [5.74, 6) is -0.00722. The van der Waals surface area contributed by atoms with Crippen LogP contribution < -0.4 is 14.8 Å². The number of aromatic nitrogens is 4. The van der Waals surface area contributed by atoms with Crippen molar-refractivity contribution in [3.8, 4) is 11.6 Å². The smallest absolute Gasteiger partial charge is 0.438 e. The van der Waals surface area contributed by atoms with E-state index in [4.69, 9.17) is 18.9 Å². The second-order valence-corrected chi connectivity index (χ2v) is 13.4. The lowest BCUT2D eigenvalue weighted by molar-refractivity contribution is 0.0279. The van der Waals surface area contributed by atoms with Crippen LogP contribution in [0.15, 0.2) is 24.5 Å². The molecule has 0 spiro atoms. The van der Waals surface area contributed by atoms with E-state index in [9.17, 15) is 19.5 Å². The minimum Gasteiger partial charge on any atom is -0.489 e. The number of fused-ring (bicyclic) bond motifs is 1. The van der Waals surface area contributed by atoms with Gasteiger partial charge in [0.15, 0.2) is 0 Å². The fraction of sp³-hybridized carbons (Fsp3) is 0.606. The Morgan fingerprint density at radius 3 is 2.35 bits per heavy atom. The number of rotatable bonds is 14. The van der Waals surface area contributed by atoms with Gasteiger partial charge in [-0.05, 0) is 92.7 Å². The van der Waals surface area contributed by atoms with Gasteiger partial charge in [0.1, 0.15) is 23.5 Å². The molecule has 3 aromatic heterocycles. The molecular formula is C33H47N5O8. The molecule has 13 nitrogen and oxygen atoms in total. The lowest BCUT2D eigenvalue weighted by Crippen LogP contribution is -2.35. The number of ether oxygens (including phenoxy) is 4. The zero-order chi connectivity index (χ0) is 33.8. The van der Waals surface area contributed by atoms with Crippen LogP contribution in [-0.4, -0.2) is 79.0 Å². The summed E-state index contributed by atoms with van der Waals surface area (Å²) in [5.41, 5.74) is 0.308. The molecule has 2 atom stereocenters. The van der Waals surface area contributed by atoms with E-state index in [1.165, 1.54) is 6.20 Å². The van der Waals surface area contributed by atoms with Gasteiger partial charge < -0.3 is 29.4 Å². The Bertz CT molecular complexity index is 1540. The highest BCUT2D eigenvalue weighted by atomic mass is 16.6. The Morgan fingerprint density at radius 1 is 1.04 bits per heavy atom. The normalized spacial score (nSPS) is 14.9. The maximum atomic E-state index is 13.5. The van der Waals surface area contributed by atoms with Crippen molar-refractivity contribution < 1.29 is 38.4 Å². The predicted octanol–water partition coefficient (Wildman–Crippen LogP) is 5.27. The summed E-state index contributed by atoms with van der Waals surface area (Å²) in [4.78, 5) is 38.9. The second kappa shape index (κ2) is 14.1. The molecular weight excluding hydrogens is 594 g/mol. The highest BCUT2D eigenvalue weighted by Gasteiger charge is 2.32. The van der Waals surface area contributed by atoms with E-state index >= 15 is 0 Å². The Hall–Kier alpha value is -4.13. The van der Waals surface area contributed by atoms with Crippen molar-refractivity contribution in [2.75, 3.05) is 13.2 Å². The summed E-state index contributed by atoms with van der Waals surface area (Å²) in [5, 5.41) is 21.8. The summed E-state index contributed by atoms with van der Waals surface area (Å²) in [6.07, 6.45) is 5.34. The van der Waals surface area contributed by atoms with Gasteiger partial charge in [-0.3, -0.25) is 4.79 Å². The van der Waals surface area contributed by atoms with Gasteiger partial charge in [0.05, 0.1) is 47.5 Å². The van der Waals surface area contributed by atoms with Crippen LogP contribution >= 0.6 is 0 Å². The molecule has 3 aromatic rings. The molecule has 13 heteroatoms. The van der Waals surface area contributed by atoms with Crippen molar-refractivity contribution in [1.82, 2.24) is 24.7 Å². The van der Waals surface area contributed by atoms with Crippen LogP contribution in [0.2, 0.25) is 0 Å². The lowest BCUT2D eigenvalue weighted by Gasteiger charge is -2.22. The number of aliphatic hydroxyl groups is 1. The number of hydrogen-bond acceptors (Lipinski definition) is 10. The molecule has 0 unspecified atom stereocenters.